The molecule has 0 aliphatic rings. The van der Waals surface area contributed by atoms with E-state index in [4.69, 9.17) is 5.11 Å². The molecule has 0 spiro atoms. The molecule has 0 aromatic carbocycles. The van der Waals surface area contributed by atoms with E-state index in [0.29, 0.717) is 14.6 Å². The summed E-state index contributed by atoms with van der Waals surface area (Å²) in [7, 11) is 0. The lowest BCUT2D eigenvalue weighted by Gasteiger charge is -2.01. The van der Waals surface area contributed by atoms with Crippen LogP contribution in [-0.2, 0) is 11.2 Å². The second-order valence-corrected chi connectivity index (χ2v) is 3.69. The number of hydrogen-bond donors (Lipinski definition) is 1. The van der Waals surface area contributed by atoms with E-state index in [-0.39, 0.29) is 6.42 Å². The van der Waals surface area contributed by atoms with Crippen LogP contribution in [0.1, 0.15) is 5.56 Å². The van der Waals surface area contributed by atoms with Crippen molar-refractivity contribution < 1.29 is 9.90 Å². The molecule has 0 amide bonds. The molecule has 1 N–H and O–H groups in total. The molecule has 0 radical (unpaired) electrons. The lowest BCUT2D eigenvalue weighted by molar-refractivity contribution is -0.136. The minimum atomic E-state index is -0.853. The van der Waals surface area contributed by atoms with Gasteiger partial charge in [-0.3, -0.25) is 4.79 Å². The molecule has 5 heteroatoms. The maximum Gasteiger partial charge on any atom is 0.307 e. The van der Waals surface area contributed by atoms with Crippen molar-refractivity contribution in [2.75, 3.05) is 0 Å². The van der Waals surface area contributed by atoms with Crippen molar-refractivity contribution in [1.82, 2.24) is 4.98 Å². The Morgan fingerprint density at radius 3 is 2.83 bits per heavy atom. The van der Waals surface area contributed by atoms with Gasteiger partial charge in [0.05, 0.1) is 10.9 Å². The highest BCUT2D eigenvalue weighted by Crippen LogP contribution is 2.24. The van der Waals surface area contributed by atoms with E-state index in [1.165, 1.54) is 0 Å². The zero-order chi connectivity index (χ0) is 9.14. The molecule has 1 heterocycles. The van der Waals surface area contributed by atoms with Crippen molar-refractivity contribution in [3.63, 3.8) is 0 Å². The van der Waals surface area contributed by atoms with Gasteiger partial charge in [-0.05, 0) is 43.5 Å². The van der Waals surface area contributed by atoms with Crippen molar-refractivity contribution in [3.05, 3.63) is 26.9 Å². The van der Waals surface area contributed by atoms with Gasteiger partial charge in [-0.1, -0.05) is 0 Å². The molecule has 0 unspecified atom stereocenters. The minimum absolute atomic E-state index is 0.00169. The van der Waals surface area contributed by atoms with Gasteiger partial charge in [0.15, 0.2) is 0 Å². The molecule has 0 saturated carbocycles. The highest BCUT2D eigenvalue weighted by molar-refractivity contribution is 9.13. The van der Waals surface area contributed by atoms with E-state index >= 15 is 0 Å². The molecule has 1 aromatic heterocycles. The number of nitrogens with zero attached hydrogens (tertiary/aromatic N) is 1. The lowest BCUT2D eigenvalue weighted by atomic mass is 10.2. The van der Waals surface area contributed by atoms with Gasteiger partial charge in [0.1, 0.15) is 4.60 Å². The number of carboxylic acid groups (broad SMARTS) is 1. The standard InChI is InChI=1S/C7H5Br2NO2/c8-6-4(3-5(11)12)1-2-10-7(6)9/h1-2H,3H2,(H,11,12). The molecular formula is C7H5Br2NO2. The molecule has 1 rings (SSSR count). The summed E-state index contributed by atoms with van der Waals surface area (Å²) in [5.41, 5.74) is 0.712. The molecule has 0 atom stereocenters. The Hall–Kier alpha value is -0.420. The van der Waals surface area contributed by atoms with E-state index in [1.54, 1.807) is 12.3 Å². The smallest absolute Gasteiger partial charge is 0.307 e. The van der Waals surface area contributed by atoms with Gasteiger partial charge >= 0.3 is 5.97 Å². The van der Waals surface area contributed by atoms with E-state index in [0.717, 1.165) is 0 Å². The van der Waals surface area contributed by atoms with E-state index < -0.39 is 5.97 Å². The van der Waals surface area contributed by atoms with Crippen molar-refractivity contribution in [3.8, 4) is 0 Å². The summed E-state index contributed by atoms with van der Waals surface area (Å²) in [6, 6.07) is 1.67. The number of aliphatic carboxylic acids is 1. The third-order valence-corrected chi connectivity index (χ3v) is 3.29. The van der Waals surface area contributed by atoms with Crippen LogP contribution in [-0.4, -0.2) is 16.1 Å². The predicted molar refractivity (Wildman–Crippen MR) is 51.0 cm³/mol. The first-order chi connectivity index (χ1) is 5.61. The fourth-order valence-electron chi connectivity index (χ4n) is 0.754. The Labute approximate surface area is 86.1 Å². The van der Waals surface area contributed by atoms with Crippen LogP contribution in [0.2, 0.25) is 0 Å². The molecule has 0 fully saturated rings. The summed E-state index contributed by atoms with van der Waals surface area (Å²) < 4.78 is 1.33. The molecule has 0 saturated heterocycles. The van der Waals surface area contributed by atoms with Crippen LogP contribution >= 0.6 is 31.9 Å². The van der Waals surface area contributed by atoms with Gasteiger partial charge < -0.3 is 5.11 Å². The van der Waals surface area contributed by atoms with Crippen LogP contribution in [0.25, 0.3) is 0 Å². The second kappa shape index (κ2) is 4.00. The maximum atomic E-state index is 10.4. The monoisotopic (exact) mass is 293 g/mol. The Kier molecular flexibility index (Phi) is 3.22. The van der Waals surface area contributed by atoms with Crippen LogP contribution in [0.4, 0.5) is 0 Å². The van der Waals surface area contributed by atoms with Gasteiger partial charge in [0.2, 0.25) is 0 Å². The minimum Gasteiger partial charge on any atom is -0.481 e. The van der Waals surface area contributed by atoms with Crippen LogP contribution in [0.5, 0.6) is 0 Å². The number of carbonyl (C=O) groups is 1. The molecule has 12 heavy (non-hydrogen) atoms. The first-order valence-electron chi connectivity index (χ1n) is 3.12. The second-order valence-electron chi connectivity index (χ2n) is 2.15. The summed E-state index contributed by atoms with van der Waals surface area (Å²) in [4.78, 5) is 14.3. The number of rotatable bonds is 2. The van der Waals surface area contributed by atoms with Gasteiger partial charge in [-0.2, -0.15) is 0 Å². The first-order valence-corrected chi connectivity index (χ1v) is 4.70. The van der Waals surface area contributed by atoms with Crippen LogP contribution in [0, 0.1) is 0 Å². The van der Waals surface area contributed by atoms with E-state index in [2.05, 4.69) is 36.8 Å². The van der Waals surface area contributed by atoms with Crippen LogP contribution in [0.15, 0.2) is 21.3 Å². The molecule has 0 aliphatic carbocycles. The average Bonchev–Trinajstić information content (AvgIpc) is 1.98. The number of halogens is 2. The summed E-state index contributed by atoms with van der Waals surface area (Å²) in [6.45, 7) is 0. The quantitative estimate of drug-likeness (QED) is 0.851. The average molecular weight is 295 g/mol. The Balaban J connectivity index is 3.00. The maximum absolute atomic E-state index is 10.4. The molecular weight excluding hydrogens is 290 g/mol. The Morgan fingerprint density at radius 2 is 2.25 bits per heavy atom. The zero-order valence-electron chi connectivity index (χ0n) is 5.92. The molecule has 64 valence electrons. The summed E-state index contributed by atoms with van der Waals surface area (Å²) in [5, 5.41) is 8.53. The number of carboxylic acids is 1. The molecule has 1 aromatic rings. The Bertz CT molecular complexity index is 314. The normalized spacial score (nSPS) is 9.83. The van der Waals surface area contributed by atoms with Crippen molar-refractivity contribution in [2.24, 2.45) is 0 Å². The first kappa shape index (κ1) is 9.67. The SMILES string of the molecule is O=C(O)Cc1ccnc(Br)c1Br. The molecule has 0 bridgehead atoms. The summed E-state index contributed by atoms with van der Waals surface area (Å²) >= 11 is 6.42. The van der Waals surface area contributed by atoms with Gasteiger partial charge in [-0.25, -0.2) is 4.98 Å². The van der Waals surface area contributed by atoms with E-state index in [1.807, 2.05) is 0 Å². The third kappa shape index (κ3) is 2.28. The zero-order valence-corrected chi connectivity index (χ0v) is 9.09. The van der Waals surface area contributed by atoms with Crippen LogP contribution in [0.3, 0.4) is 0 Å². The summed E-state index contributed by atoms with van der Waals surface area (Å²) in [6.07, 6.45) is 1.56. The van der Waals surface area contributed by atoms with Crippen LogP contribution < -0.4 is 0 Å². The van der Waals surface area contributed by atoms with E-state index in [9.17, 15) is 4.79 Å². The fraction of sp³-hybridized carbons (Fsp3) is 0.143. The predicted octanol–water partition coefficient (Wildman–Crippen LogP) is 2.23. The number of hydrogen-bond acceptors (Lipinski definition) is 2. The highest BCUT2D eigenvalue weighted by atomic mass is 79.9. The topological polar surface area (TPSA) is 50.2 Å². The Morgan fingerprint density at radius 1 is 1.58 bits per heavy atom. The molecule has 0 aliphatic heterocycles. The van der Waals surface area contributed by atoms with Crippen molar-refractivity contribution >= 4 is 37.8 Å². The summed E-state index contributed by atoms with van der Waals surface area (Å²) in [5.74, 6) is -0.853. The van der Waals surface area contributed by atoms with Gasteiger partial charge in [0, 0.05) is 6.20 Å². The fourth-order valence-corrected chi connectivity index (χ4v) is 1.50. The highest BCUT2D eigenvalue weighted by Gasteiger charge is 2.07. The largest absolute Gasteiger partial charge is 0.481 e. The lowest BCUT2D eigenvalue weighted by Crippen LogP contribution is -2.01. The number of aromatic nitrogens is 1. The third-order valence-electron chi connectivity index (χ3n) is 1.27. The van der Waals surface area contributed by atoms with Gasteiger partial charge in [-0.15, -0.1) is 0 Å². The molecule has 3 nitrogen and oxygen atoms in total. The van der Waals surface area contributed by atoms with Crippen molar-refractivity contribution in [2.45, 2.75) is 6.42 Å². The van der Waals surface area contributed by atoms with Crippen molar-refractivity contribution in [1.29, 1.82) is 0 Å². The van der Waals surface area contributed by atoms with Gasteiger partial charge in [0.25, 0.3) is 0 Å². The number of pyridine rings is 1.